The van der Waals surface area contributed by atoms with Gasteiger partial charge in [0.15, 0.2) is 5.82 Å². The fourth-order valence-electron chi connectivity index (χ4n) is 5.21. The molecule has 4 aliphatic carbocycles. The van der Waals surface area contributed by atoms with Crippen molar-refractivity contribution in [1.82, 2.24) is 25.3 Å². The van der Waals surface area contributed by atoms with Gasteiger partial charge in [-0.1, -0.05) is 0 Å². The van der Waals surface area contributed by atoms with Crippen LogP contribution in [0.15, 0.2) is 12.1 Å². The van der Waals surface area contributed by atoms with E-state index in [0.717, 1.165) is 19.3 Å². The smallest absolute Gasteiger partial charge is 0.411 e. The Hall–Kier alpha value is -3.16. The third-order valence-corrected chi connectivity index (χ3v) is 7.05. The minimum absolute atomic E-state index is 0.0954. The first-order chi connectivity index (χ1) is 17.0. The first-order valence-corrected chi connectivity index (χ1v) is 11.7. The summed E-state index contributed by atoms with van der Waals surface area (Å²) in [6, 6.07) is 2.90. The summed E-state index contributed by atoms with van der Waals surface area (Å²) in [4.78, 5) is 24.8. The Morgan fingerprint density at radius 3 is 2.67 bits per heavy atom. The SMILES string of the molecule is Cn1nc(COCC(F)(F)F)cc1C(=O)Nc1cc([C@@H]2C[C@@H](F)[C@H](OC(=O)NC34CC(C3)C4)C2)[nH]n1. The van der Waals surface area contributed by atoms with E-state index >= 15 is 0 Å². The number of rotatable bonds is 8. The zero-order valence-corrected chi connectivity index (χ0v) is 19.4. The van der Waals surface area contributed by atoms with Crippen molar-refractivity contribution in [2.24, 2.45) is 13.0 Å². The number of carbonyl (C=O) groups is 2. The predicted octanol–water partition coefficient (Wildman–Crippen LogP) is 3.34. The van der Waals surface area contributed by atoms with Gasteiger partial charge in [0.05, 0.1) is 12.3 Å². The Balaban J connectivity index is 1.13. The molecule has 3 N–H and O–H groups in total. The highest BCUT2D eigenvalue weighted by Gasteiger charge is 2.58. The van der Waals surface area contributed by atoms with Gasteiger partial charge in [-0.05, 0) is 44.1 Å². The lowest BCUT2D eigenvalue weighted by Crippen LogP contribution is -2.68. The van der Waals surface area contributed by atoms with Crippen molar-refractivity contribution in [3.8, 4) is 0 Å². The zero-order chi connectivity index (χ0) is 25.7. The number of nitrogens with one attached hydrogen (secondary N) is 3. The van der Waals surface area contributed by atoms with Crippen LogP contribution in [0.3, 0.4) is 0 Å². The van der Waals surface area contributed by atoms with E-state index in [0.29, 0.717) is 11.6 Å². The van der Waals surface area contributed by atoms with Crippen molar-refractivity contribution in [2.75, 3.05) is 11.9 Å². The number of amides is 2. The third kappa shape index (κ3) is 5.18. The number of ether oxygens (including phenoxy) is 2. The Morgan fingerprint density at radius 1 is 1.25 bits per heavy atom. The minimum Gasteiger partial charge on any atom is -0.443 e. The fourth-order valence-corrected chi connectivity index (χ4v) is 5.21. The maximum absolute atomic E-state index is 14.6. The van der Waals surface area contributed by atoms with Gasteiger partial charge in [-0.2, -0.15) is 23.4 Å². The monoisotopic (exact) mass is 514 g/mol. The Kier molecular flexibility index (Phi) is 6.17. The number of aryl methyl sites for hydroxylation is 1. The van der Waals surface area contributed by atoms with Crippen molar-refractivity contribution in [1.29, 1.82) is 0 Å². The summed E-state index contributed by atoms with van der Waals surface area (Å²) in [5, 5.41) is 16.3. The highest BCUT2D eigenvalue weighted by Crippen LogP contribution is 2.57. The number of nitrogens with zero attached hydrogens (tertiary/aromatic N) is 3. The molecule has 3 atom stereocenters. The molecule has 2 bridgehead atoms. The number of hydrogen-bond acceptors (Lipinski definition) is 6. The van der Waals surface area contributed by atoms with E-state index in [2.05, 4.69) is 30.7 Å². The van der Waals surface area contributed by atoms with Crippen molar-refractivity contribution in [3.05, 3.63) is 29.2 Å². The summed E-state index contributed by atoms with van der Waals surface area (Å²) in [7, 11) is 1.47. The first-order valence-electron chi connectivity index (χ1n) is 11.7. The molecule has 196 valence electrons. The number of alkyl carbamates (subject to hydrolysis) is 1. The lowest BCUT2D eigenvalue weighted by molar-refractivity contribution is -0.176. The van der Waals surface area contributed by atoms with E-state index in [1.54, 1.807) is 6.07 Å². The normalized spacial score (nSPS) is 28.8. The highest BCUT2D eigenvalue weighted by atomic mass is 19.4. The Bertz CT molecular complexity index is 1130. The van der Waals surface area contributed by atoms with Gasteiger partial charge in [-0.25, -0.2) is 9.18 Å². The second-order valence-corrected chi connectivity index (χ2v) is 9.93. The van der Waals surface area contributed by atoms with Crippen molar-refractivity contribution in [2.45, 2.75) is 68.6 Å². The molecule has 2 aromatic heterocycles. The van der Waals surface area contributed by atoms with E-state index in [9.17, 15) is 27.2 Å². The van der Waals surface area contributed by atoms with E-state index in [4.69, 9.17) is 4.74 Å². The molecular weight excluding hydrogens is 488 g/mol. The summed E-state index contributed by atoms with van der Waals surface area (Å²) in [5.41, 5.74) is 0.703. The maximum Gasteiger partial charge on any atom is 0.411 e. The summed E-state index contributed by atoms with van der Waals surface area (Å²) in [6.07, 6.45) is -3.92. The molecule has 36 heavy (non-hydrogen) atoms. The van der Waals surface area contributed by atoms with E-state index < -0.39 is 43.7 Å². The first kappa shape index (κ1) is 24.5. The van der Waals surface area contributed by atoms with Crippen LogP contribution in [-0.2, 0) is 23.1 Å². The molecule has 10 nitrogen and oxygen atoms in total. The average molecular weight is 514 g/mol. The lowest BCUT2D eigenvalue weighted by Gasteiger charge is -2.61. The van der Waals surface area contributed by atoms with Crippen LogP contribution in [0, 0.1) is 5.92 Å². The van der Waals surface area contributed by atoms with Gasteiger partial charge in [0.2, 0.25) is 0 Å². The van der Waals surface area contributed by atoms with Crippen molar-refractivity contribution in [3.63, 3.8) is 0 Å². The standard InChI is InChI=1S/C22H26F4N6O4/c1-32-16(4-13(31-32)9-35-10-22(24,25)26)19(33)27-18-5-15(29-30-18)12-2-14(23)17(3-12)36-20(34)28-21-6-11(7-21)8-21/h4-5,11-12,14,17H,2-3,6-10H2,1H3,(H,28,34)(H2,27,29,30,33)/t11?,12-,14-,17-,21?/m1/s1. The molecule has 2 aromatic rings. The highest BCUT2D eigenvalue weighted by molar-refractivity contribution is 6.02. The van der Waals surface area contributed by atoms with Gasteiger partial charge in [0.25, 0.3) is 5.91 Å². The molecule has 4 aliphatic rings. The summed E-state index contributed by atoms with van der Waals surface area (Å²) in [5.74, 6) is 0.0287. The number of H-pyrrole nitrogens is 1. The molecule has 4 fully saturated rings. The van der Waals surface area contributed by atoms with Crippen LogP contribution < -0.4 is 10.6 Å². The topological polar surface area (TPSA) is 123 Å². The quantitative estimate of drug-likeness (QED) is 0.465. The number of alkyl halides is 4. The second-order valence-electron chi connectivity index (χ2n) is 9.93. The van der Waals surface area contributed by atoms with E-state index in [1.165, 1.54) is 17.8 Å². The average Bonchev–Trinajstić information content (AvgIpc) is 3.42. The van der Waals surface area contributed by atoms with Crippen LogP contribution in [0.5, 0.6) is 0 Å². The van der Waals surface area contributed by atoms with Crippen LogP contribution in [0.1, 0.15) is 59.9 Å². The molecule has 0 aromatic carbocycles. The van der Waals surface area contributed by atoms with Gasteiger partial charge in [-0.3, -0.25) is 14.6 Å². The molecule has 6 rings (SSSR count). The summed E-state index contributed by atoms with van der Waals surface area (Å²) in [6.45, 7) is -1.82. The number of carbonyl (C=O) groups excluding carboxylic acids is 2. The van der Waals surface area contributed by atoms with Crippen LogP contribution in [0.4, 0.5) is 28.2 Å². The largest absolute Gasteiger partial charge is 0.443 e. The molecule has 0 unspecified atom stereocenters. The van der Waals surface area contributed by atoms with E-state index in [1.807, 2.05) is 0 Å². The molecule has 2 amide bonds. The van der Waals surface area contributed by atoms with Crippen LogP contribution >= 0.6 is 0 Å². The van der Waals surface area contributed by atoms with Gasteiger partial charge in [0.1, 0.15) is 24.6 Å². The molecule has 2 heterocycles. The van der Waals surface area contributed by atoms with Gasteiger partial charge < -0.3 is 20.1 Å². The molecule has 0 radical (unpaired) electrons. The van der Waals surface area contributed by atoms with Gasteiger partial charge in [-0.15, -0.1) is 0 Å². The van der Waals surface area contributed by atoms with Crippen molar-refractivity contribution < 1.29 is 36.6 Å². The molecule has 0 spiro atoms. The Morgan fingerprint density at radius 2 is 2.00 bits per heavy atom. The zero-order valence-electron chi connectivity index (χ0n) is 19.4. The van der Waals surface area contributed by atoms with Crippen LogP contribution in [-0.4, -0.2) is 62.6 Å². The predicted molar refractivity (Wildman–Crippen MR) is 116 cm³/mol. The fraction of sp³-hybridized carbons (Fsp3) is 0.636. The van der Waals surface area contributed by atoms with Crippen LogP contribution in [0.2, 0.25) is 0 Å². The third-order valence-electron chi connectivity index (χ3n) is 7.05. The minimum atomic E-state index is -4.46. The summed E-state index contributed by atoms with van der Waals surface area (Å²) >= 11 is 0. The number of aromatic amines is 1. The van der Waals surface area contributed by atoms with Crippen LogP contribution in [0.25, 0.3) is 0 Å². The van der Waals surface area contributed by atoms with Gasteiger partial charge in [0, 0.05) is 30.3 Å². The summed E-state index contributed by atoms with van der Waals surface area (Å²) < 4.78 is 62.4. The van der Waals surface area contributed by atoms with E-state index in [-0.39, 0.29) is 41.5 Å². The molecule has 0 saturated heterocycles. The number of hydrogen-bond donors (Lipinski definition) is 3. The van der Waals surface area contributed by atoms with Crippen molar-refractivity contribution >= 4 is 17.8 Å². The number of anilines is 1. The van der Waals surface area contributed by atoms with Gasteiger partial charge >= 0.3 is 12.3 Å². The Labute approximate surface area is 203 Å². The number of aromatic nitrogens is 4. The molecule has 0 aliphatic heterocycles. The molecular formula is C22H26F4N6O4. The number of halogens is 4. The molecule has 14 heteroatoms. The molecule has 4 saturated carbocycles. The second kappa shape index (κ2) is 9.05. The maximum atomic E-state index is 14.6. The lowest BCUT2D eigenvalue weighted by atomic mass is 9.50.